The molecule has 4 nitrogen and oxygen atoms in total. The Morgan fingerprint density at radius 3 is 3.00 bits per heavy atom. The number of amides is 1. The number of fused-ring (bicyclic) bond motifs is 1. The van der Waals surface area contributed by atoms with E-state index in [4.69, 9.17) is 4.74 Å². The molecule has 0 saturated heterocycles. The summed E-state index contributed by atoms with van der Waals surface area (Å²) in [7, 11) is 0. The lowest BCUT2D eigenvalue weighted by molar-refractivity contribution is -0.122. The monoisotopic (exact) mass is 262 g/mol. The molecule has 0 fully saturated rings. The van der Waals surface area contributed by atoms with E-state index in [-0.39, 0.29) is 5.91 Å². The van der Waals surface area contributed by atoms with Crippen LogP contribution in [0.1, 0.15) is 33.6 Å². The largest absolute Gasteiger partial charge is 0.479 e. The molecule has 1 amide bonds. The predicted octanol–water partition coefficient (Wildman–Crippen LogP) is 3.25. The summed E-state index contributed by atoms with van der Waals surface area (Å²) in [5, 5.41) is 6.26. The smallest absolute Gasteiger partial charge is 0.265 e. The van der Waals surface area contributed by atoms with E-state index in [1.54, 1.807) is 6.92 Å². The number of ether oxygens (including phenoxy) is 1. The van der Waals surface area contributed by atoms with Gasteiger partial charge in [-0.15, -0.1) is 0 Å². The molecule has 0 spiro atoms. The summed E-state index contributed by atoms with van der Waals surface area (Å²) >= 11 is 0. The summed E-state index contributed by atoms with van der Waals surface area (Å²) in [6.45, 7) is 7.12. The fraction of sp³-hybridized carbons (Fsp3) is 0.533. The third-order valence-corrected chi connectivity index (χ3v) is 3.35. The first-order valence-electron chi connectivity index (χ1n) is 6.95. The van der Waals surface area contributed by atoms with Crippen molar-refractivity contribution in [3.63, 3.8) is 0 Å². The Balaban J connectivity index is 2.01. The van der Waals surface area contributed by atoms with Crippen LogP contribution in [0.4, 0.5) is 11.4 Å². The van der Waals surface area contributed by atoms with Crippen LogP contribution in [0.2, 0.25) is 0 Å². The molecule has 19 heavy (non-hydrogen) atoms. The van der Waals surface area contributed by atoms with Gasteiger partial charge in [0.2, 0.25) is 0 Å². The molecule has 1 aromatic rings. The molecular weight excluding hydrogens is 240 g/mol. The normalized spacial score (nSPS) is 19.1. The minimum Gasteiger partial charge on any atom is -0.479 e. The zero-order valence-corrected chi connectivity index (χ0v) is 11.8. The molecule has 0 saturated carbocycles. The van der Waals surface area contributed by atoms with E-state index in [1.807, 2.05) is 18.2 Å². The van der Waals surface area contributed by atoms with Crippen molar-refractivity contribution in [2.75, 3.05) is 17.2 Å². The van der Waals surface area contributed by atoms with Crippen LogP contribution in [-0.4, -0.2) is 18.6 Å². The van der Waals surface area contributed by atoms with Gasteiger partial charge >= 0.3 is 0 Å². The Hall–Kier alpha value is -1.71. The number of anilines is 2. The molecule has 2 N–H and O–H groups in total. The summed E-state index contributed by atoms with van der Waals surface area (Å²) in [5.41, 5.74) is 1.76. The maximum absolute atomic E-state index is 11.6. The number of hydrogen-bond donors (Lipinski definition) is 2. The van der Waals surface area contributed by atoms with Gasteiger partial charge in [-0.05, 0) is 37.5 Å². The molecule has 104 valence electrons. The molecule has 2 rings (SSSR count). The summed E-state index contributed by atoms with van der Waals surface area (Å²) in [6, 6.07) is 5.82. The maximum Gasteiger partial charge on any atom is 0.265 e. The average Bonchev–Trinajstić information content (AvgIpc) is 2.38. The van der Waals surface area contributed by atoms with Crippen LogP contribution in [0.3, 0.4) is 0 Å². The number of benzene rings is 1. The van der Waals surface area contributed by atoms with Gasteiger partial charge in [-0.3, -0.25) is 4.79 Å². The molecule has 1 aliphatic heterocycles. The van der Waals surface area contributed by atoms with Crippen LogP contribution >= 0.6 is 0 Å². The molecule has 1 aliphatic rings. The summed E-state index contributed by atoms with van der Waals surface area (Å²) in [6.07, 6.45) is 2.00. The second-order valence-corrected chi connectivity index (χ2v) is 5.24. The van der Waals surface area contributed by atoms with Gasteiger partial charge in [-0.2, -0.15) is 0 Å². The van der Waals surface area contributed by atoms with Gasteiger partial charge in [0.1, 0.15) is 5.75 Å². The minimum absolute atomic E-state index is 0.0935. The van der Waals surface area contributed by atoms with Gasteiger partial charge in [0.25, 0.3) is 5.91 Å². The zero-order valence-electron chi connectivity index (χ0n) is 11.8. The van der Waals surface area contributed by atoms with E-state index in [1.165, 1.54) is 12.8 Å². The third kappa shape index (κ3) is 3.40. The van der Waals surface area contributed by atoms with Crippen molar-refractivity contribution in [2.24, 2.45) is 5.92 Å². The van der Waals surface area contributed by atoms with Gasteiger partial charge < -0.3 is 15.4 Å². The lowest BCUT2D eigenvalue weighted by Crippen LogP contribution is -2.34. The second kappa shape index (κ2) is 5.95. The van der Waals surface area contributed by atoms with E-state index >= 15 is 0 Å². The van der Waals surface area contributed by atoms with Crippen LogP contribution < -0.4 is 15.4 Å². The molecular formula is C15H22N2O2. The molecule has 2 atom stereocenters. The lowest BCUT2D eigenvalue weighted by atomic mass is 10.1. The quantitative estimate of drug-likeness (QED) is 0.856. The van der Waals surface area contributed by atoms with Gasteiger partial charge in [-0.1, -0.05) is 20.3 Å². The van der Waals surface area contributed by atoms with Crippen molar-refractivity contribution in [2.45, 2.75) is 39.7 Å². The van der Waals surface area contributed by atoms with E-state index < -0.39 is 6.10 Å². The van der Waals surface area contributed by atoms with E-state index in [9.17, 15) is 4.79 Å². The first kappa shape index (κ1) is 13.7. The van der Waals surface area contributed by atoms with Gasteiger partial charge in [0, 0.05) is 12.2 Å². The molecule has 2 unspecified atom stereocenters. The maximum atomic E-state index is 11.6. The van der Waals surface area contributed by atoms with Crippen LogP contribution in [-0.2, 0) is 4.79 Å². The van der Waals surface area contributed by atoms with Crippen molar-refractivity contribution in [3.8, 4) is 5.75 Å². The molecule has 1 aromatic carbocycles. The standard InChI is InChI=1S/C15H22N2O2/c1-4-5-10(2)9-16-12-6-7-14-13(8-12)17-15(18)11(3)19-14/h6-8,10-11,16H,4-5,9H2,1-3H3,(H,17,18). The molecule has 0 aromatic heterocycles. The summed E-state index contributed by atoms with van der Waals surface area (Å²) in [5.74, 6) is 1.29. The number of carbonyl (C=O) groups excluding carboxylic acids is 1. The van der Waals surface area contributed by atoms with Crippen molar-refractivity contribution in [1.29, 1.82) is 0 Å². The Morgan fingerprint density at radius 2 is 2.26 bits per heavy atom. The van der Waals surface area contributed by atoms with E-state index in [0.29, 0.717) is 5.92 Å². The zero-order chi connectivity index (χ0) is 13.8. The third-order valence-electron chi connectivity index (χ3n) is 3.35. The molecule has 0 aliphatic carbocycles. The Labute approximate surface area is 114 Å². The molecule has 0 radical (unpaired) electrons. The highest BCUT2D eigenvalue weighted by molar-refractivity contribution is 5.98. The Kier molecular flexibility index (Phi) is 4.30. The Morgan fingerprint density at radius 1 is 1.47 bits per heavy atom. The van der Waals surface area contributed by atoms with Crippen molar-refractivity contribution < 1.29 is 9.53 Å². The minimum atomic E-state index is -0.420. The van der Waals surface area contributed by atoms with Crippen LogP contribution in [0.5, 0.6) is 5.75 Å². The highest BCUT2D eigenvalue weighted by Crippen LogP contribution is 2.32. The van der Waals surface area contributed by atoms with Crippen molar-refractivity contribution >= 4 is 17.3 Å². The van der Waals surface area contributed by atoms with Crippen LogP contribution in [0.25, 0.3) is 0 Å². The van der Waals surface area contributed by atoms with E-state index in [0.717, 1.165) is 23.7 Å². The topological polar surface area (TPSA) is 50.4 Å². The van der Waals surface area contributed by atoms with Crippen molar-refractivity contribution in [3.05, 3.63) is 18.2 Å². The fourth-order valence-electron chi connectivity index (χ4n) is 2.21. The summed E-state index contributed by atoms with van der Waals surface area (Å²) < 4.78 is 5.52. The number of hydrogen-bond acceptors (Lipinski definition) is 3. The highest BCUT2D eigenvalue weighted by Gasteiger charge is 2.23. The summed E-state index contributed by atoms with van der Waals surface area (Å²) in [4.78, 5) is 11.6. The second-order valence-electron chi connectivity index (χ2n) is 5.24. The molecule has 4 heteroatoms. The van der Waals surface area contributed by atoms with Crippen LogP contribution in [0, 0.1) is 5.92 Å². The predicted molar refractivity (Wildman–Crippen MR) is 77.7 cm³/mol. The van der Waals surface area contributed by atoms with Gasteiger partial charge in [0.05, 0.1) is 5.69 Å². The molecule has 1 heterocycles. The van der Waals surface area contributed by atoms with Gasteiger partial charge in [-0.25, -0.2) is 0 Å². The lowest BCUT2D eigenvalue weighted by Gasteiger charge is -2.24. The van der Waals surface area contributed by atoms with E-state index in [2.05, 4.69) is 24.5 Å². The first-order valence-corrected chi connectivity index (χ1v) is 6.95. The SMILES string of the molecule is CCCC(C)CNc1ccc2c(c1)NC(=O)C(C)O2. The average molecular weight is 262 g/mol. The first-order chi connectivity index (χ1) is 9.10. The number of nitrogens with one attached hydrogen (secondary N) is 2. The fourth-order valence-corrected chi connectivity index (χ4v) is 2.21. The number of carbonyl (C=O) groups is 1. The Bertz CT molecular complexity index is 459. The van der Waals surface area contributed by atoms with Gasteiger partial charge in [0.15, 0.2) is 6.10 Å². The highest BCUT2D eigenvalue weighted by atomic mass is 16.5. The number of rotatable bonds is 5. The van der Waals surface area contributed by atoms with Crippen molar-refractivity contribution in [1.82, 2.24) is 0 Å². The van der Waals surface area contributed by atoms with Crippen LogP contribution in [0.15, 0.2) is 18.2 Å². The molecule has 0 bridgehead atoms.